The summed E-state index contributed by atoms with van der Waals surface area (Å²) in [5.41, 5.74) is 8.79. The molecule has 0 aliphatic carbocycles. The van der Waals surface area contributed by atoms with Crippen LogP contribution in [0.4, 0.5) is 14.6 Å². The van der Waals surface area contributed by atoms with Crippen LogP contribution in [0, 0.1) is 18.6 Å². The van der Waals surface area contributed by atoms with Crippen LogP contribution >= 0.6 is 11.8 Å². The van der Waals surface area contributed by atoms with Gasteiger partial charge in [-0.2, -0.15) is 0 Å². The number of nitrogens with two attached hydrogens (primary N) is 1. The van der Waals surface area contributed by atoms with Crippen molar-refractivity contribution in [2.24, 2.45) is 0 Å². The Morgan fingerprint density at radius 1 is 1.25 bits per heavy atom. The molecule has 8 heteroatoms. The Morgan fingerprint density at radius 3 is 2.82 bits per heavy atom. The van der Waals surface area contributed by atoms with Crippen LogP contribution < -0.4 is 5.73 Å². The Morgan fingerprint density at radius 2 is 2.07 bits per heavy atom. The van der Waals surface area contributed by atoms with Gasteiger partial charge in [0.1, 0.15) is 23.0 Å². The maximum Gasteiger partial charge on any atom is 0.151 e. The molecule has 0 atom stereocenters. The predicted octanol–water partition coefficient (Wildman–Crippen LogP) is 4.36. The minimum Gasteiger partial charge on any atom is -0.384 e. The number of pyridine rings is 1. The largest absolute Gasteiger partial charge is 0.384 e. The molecule has 0 saturated carbocycles. The molecule has 150 valence electrons. The average Bonchev–Trinajstić information content (AvgIpc) is 3.04. The quantitative estimate of drug-likeness (QED) is 0.422. The van der Waals surface area contributed by atoms with Crippen molar-refractivity contribution < 1.29 is 13.5 Å². The highest BCUT2D eigenvalue weighted by atomic mass is 32.2. The summed E-state index contributed by atoms with van der Waals surface area (Å²) in [6, 6.07) is 3.69. The standard InChI is InChI=1S/C20H24F2N4OS/c1-13-12-24-20(23)18-19(13)26(17(25-18)7-9-27-2)8-3-4-10-28-16-6-5-14(21)11-15(16)22/h5-6,11-12H,3-4,7-10H2,1-2H3,(H2,23,24). The number of benzene rings is 1. The molecule has 0 bridgehead atoms. The van der Waals surface area contributed by atoms with E-state index in [2.05, 4.69) is 14.5 Å². The van der Waals surface area contributed by atoms with Gasteiger partial charge in [0.15, 0.2) is 5.82 Å². The zero-order chi connectivity index (χ0) is 20.1. The van der Waals surface area contributed by atoms with Crippen LogP contribution in [0.25, 0.3) is 11.0 Å². The van der Waals surface area contributed by atoms with Crippen molar-refractivity contribution in [1.82, 2.24) is 14.5 Å². The van der Waals surface area contributed by atoms with Crippen LogP contribution in [0.5, 0.6) is 0 Å². The second-order valence-electron chi connectivity index (χ2n) is 6.58. The summed E-state index contributed by atoms with van der Waals surface area (Å²) < 4.78 is 34.1. The number of thioether (sulfide) groups is 1. The molecule has 0 aliphatic heterocycles. The fourth-order valence-corrected chi connectivity index (χ4v) is 4.07. The highest BCUT2D eigenvalue weighted by Gasteiger charge is 2.15. The molecule has 2 heterocycles. The second-order valence-corrected chi connectivity index (χ2v) is 7.71. The van der Waals surface area contributed by atoms with Gasteiger partial charge in [-0.05, 0) is 43.2 Å². The van der Waals surface area contributed by atoms with E-state index in [0.29, 0.717) is 23.7 Å². The molecular weight excluding hydrogens is 382 g/mol. The Labute approximate surface area is 167 Å². The first-order valence-corrected chi connectivity index (χ1v) is 10.2. The van der Waals surface area contributed by atoms with Crippen molar-refractivity contribution in [2.75, 3.05) is 25.2 Å². The fraction of sp³-hybridized carbons (Fsp3) is 0.400. The zero-order valence-electron chi connectivity index (χ0n) is 16.0. The topological polar surface area (TPSA) is 66.0 Å². The van der Waals surface area contributed by atoms with Gasteiger partial charge in [0.2, 0.25) is 0 Å². The van der Waals surface area contributed by atoms with Crippen molar-refractivity contribution in [1.29, 1.82) is 0 Å². The van der Waals surface area contributed by atoms with Gasteiger partial charge in [-0.15, -0.1) is 11.8 Å². The van der Waals surface area contributed by atoms with Crippen molar-refractivity contribution in [3.05, 3.63) is 47.4 Å². The van der Waals surface area contributed by atoms with Crippen LogP contribution in [0.1, 0.15) is 24.2 Å². The van der Waals surface area contributed by atoms with Crippen molar-refractivity contribution >= 4 is 28.6 Å². The van der Waals surface area contributed by atoms with Crippen LogP contribution in [-0.2, 0) is 17.7 Å². The molecule has 0 spiro atoms. The van der Waals surface area contributed by atoms with Gasteiger partial charge in [-0.3, -0.25) is 0 Å². The second kappa shape index (κ2) is 9.34. The average molecular weight is 407 g/mol. The Bertz CT molecular complexity index is 961. The Kier molecular flexibility index (Phi) is 6.85. The number of nitrogens with zero attached hydrogens (tertiary/aromatic N) is 3. The smallest absolute Gasteiger partial charge is 0.151 e. The lowest BCUT2D eigenvalue weighted by Gasteiger charge is -2.11. The third kappa shape index (κ3) is 4.62. The van der Waals surface area contributed by atoms with Crippen molar-refractivity contribution in [2.45, 2.75) is 37.6 Å². The summed E-state index contributed by atoms with van der Waals surface area (Å²) in [5, 5.41) is 0. The lowest BCUT2D eigenvalue weighted by Crippen LogP contribution is -2.08. The Balaban J connectivity index is 1.66. The third-order valence-electron chi connectivity index (χ3n) is 4.52. The van der Waals surface area contributed by atoms with Crippen LogP contribution in [0.3, 0.4) is 0 Å². The summed E-state index contributed by atoms with van der Waals surface area (Å²) in [5.74, 6) is 1.05. The molecule has 0 amide bonds. The summed E-state index contributed by atoms with van der Waals surface area (Å²) in [7, 11) is 1.67. The van der Waals surface area contributed by atoms with Crippen LogP contribution in [0.15, 0.2) is 29.3 Å². The first kappa shape index (κ1) is 20.5. The van der Waals surface area contributed by atoms with Crippen molar-refractivity contribution in [3.63, 3.8) is 0 Å². The summed E-state index contributed by atoms with van der Waals surface area (Å²) in [4.78, 5) is 9.36. The van der Waals surface area contributed by atoms with E-state index in [1.807, 2.05) is 6.92 Å². The third-order valence-corrected chi connectivity index (χ3v) is 5.65. The van der Waals surface area contributed by atoms with Gasteiger partial charge in [0.05, 0.1) is 12.1 Å². The van der Waals surface area contributed by atoms with E-state index in [-0.39, 0.29) is 0 Å². The number of anilines is 1. The molecule has 3 rings (SSSR count). The molecule has 0 unspecified atom stereocenters. The van der Waals surface area contributed by atoms with Gasteiger partial charge in [0, 0.05) is 37.2 Å². The molecule has 2 N–H and O–H groups in total. The number of rotatable bonds is 9. The lowest BCUT2D eigenvalue weighted by molar-refractivity contribution is 0.199. The SMILES string of the molecule is COCCc1nc2c(N)ncc(C)c2n1CCCCSc1ccc(F)cc1F. The van der Waals surface area contributed by atoms with Crippen LogP contribution in [-0.4, -0.2) is 34.0 Å². The number of methoxy groups -OCH3 is 1. The monoisotopic (exact) mass is 406 g/mol. The highest BCUT2D eigenvalue weighted by molar-refractivity contribution is 7.99. The zero-order valence-corrected chi connectivity index (χ0v) is 16.9. The number of fused-ring (bicyclic) bond motifs is 1. The molecule has 0 radical (unpaired) electrons. The molecule has 0 aliphatic rings. The predicted molar refractivity (Wildman–Crippen MR) is 109 cm³/mol. The van der Waals surface area contributed by atoms with E-state index in [9.17, 15) is 8.78 Å². The van der Waals surface area contributed by atoms with Crippen molar-refractivity contribution in [3.8, 4) is 0 Å². The molecular formula is C20H24F2N4OS. The number of nitrogen functional groups attached to an aromatic ring is 1. The van der Waals surface area contributed by atoms with E-state index in [1.165, 1.54) is 23.9 Å². The summed E-state index contributed by atoms with van der Waals surface area (Å²) in [6.45, 7) is 3.36. The maximum absolute atomic E-state index is 13.7. The number of ether oxygens (including phenoxy) is 1. The molecule has 2 aromatic heterocycles. The number of unbranched alkanes of at least 4 members (excludes halogenated alkanes) is 1. The Hall–Kier alpha value is -2.19. The maximum atomic E-state index is 13.7. The number of aromatic nitrogens is 3. The van der Waals surface area contributed by atoms with Crippen LogP contribution in [0.2, 0.25) is 0 Å². The summed E-state index contributed by atoms with van der Waals surface area (Å²) >= 11 is 1.40. The minimum absolute atomic E-state index is 0.431. The molecule has 0 fully saturated rings. The summed E-state index contributed by atoms with van der Waals surface area (Å²) in [6.07, 6.45) is 4.26. The van der Waals surface area contributed by atoms with Gasteiger partial charge >= 0.3 is 0 Å². The van der Waals surface area contributed by atoms with Gasteiger partial charge < -0.3 is 15.0 Å². The molecule has 5 nitrogen and oxygen atoms in total. The molecule has 1 aromatic carbocycles. The van der Waals surface area contributed by atoms with E-state index >= 15 is 0 Å². The van der Waals surface area contributed by atoms with E-state index < -0.39 is 11.6 Å². The molecule has 3 aromatic rings. The highest BCUT2D eigenvalue weighted by Crippen LogP contribution is 2.26. The number of aryl methyl sites for hydroxylation is 2. The van der Waals surface area contributed by atoms with Gasteiger partial charge in [-0.25, -0.2) is 18.7 Å². The van der Waals surface area contributed by atoms with E-state index in [1.54, 1.807) is 13.3 Å². The number of hydrogen-bond donors (Lipinski definition) is 1. The lowest BCUT2D eigenvalue weighted by atomic mass is 10.2. The normalized spacial score (nSPS) is 11.4. The number of halogens is 2. The number of imidazole rings is 1. The first-order valence-electron chi connectivity index (χ1n) is 9.18. The first-order chi connectivity index (χ1) is 13.5. The van der Waals surface area contributed by atoms with E-state index in [4.69, 9.17) is 10.5 Å². The van der Waals surface area contributed by atoms with E-state index in [0.717, 1.165) is 53.6 Å². The number of hydrogen-bond acceptors (Lipinski definition) is 5. The molecule has 28 heavy (non-hydrogen) atoms. The minimum atomic E-state index is -0.554. The fourth-order valence-electron chi connectivity index (χ4n) is 3.14. The molecule has 0 saturated heterocycles. The van der Waals surface area contributed by atoms with Gasteiger partial charge in [-0.1, -0.05) is 0 Å². The van der Waals surface area contributed by atoms with Gasteiger partial charge in [0.25, 0.3) is 0 Å².